The lowest BCUT2D eigenvalue weighted by atomic mass is 10.0. The minimum Gasteiger partial charge on any atom is -0.489 e. The van der Waals surface area contributed by atoms with Crippen LogP contribution in [0.4, 0.5) is 10.1 Å². The van der Waals surface area contributed by atoms with E-state index in [1.165, 1.54) is 6.07 Å². The molecule has 0 fully saturated rings. The van der Waals surface area contributed by atoms with E-state index in [9.17, 15) is 4.39 Å². The summed E-state index contributed by atoms with van der Waals surface area (Å²) in [4.78, 5) is 0. The van der Waals surface area contributed by atoms with Crippen molar-refractivity contribution in [3.05, 3.63) is 57.3 Å². The first kappa shape index (κ1) is 12.8. The van der Waals surface area contributed by atoms with Gasteiger partial charge in [0.05, 0.1) is 11.7 Å². The Balaban J connectivity index is 1.96. The van der Waals surface area contributed by atoms with Crippen molar-refractivity contribution in [3.8, 4) is 5.75 Å². The van der Waals surface area contributed by atoms with E-state index in [1.54, 1.807) is 12.1 Å². The van der Waals surface area contributed by atoms with Crippen molar-refractivity contribution in [2.24, 2.45) is 0 Å². The summed E-state index contributed by atoms with van der Waals surface area (Å²) in [7, 11) is 0. The molecule has 2 aromatic carbocycles. The molecule has 19 heavy (non-hydrogen) atoms. The number of halogens is 3. The monoisotopic (exact) mass is 341 g/mol. The Hall–Kier alpha value is -1.26. The largest absolute Gasteiger partial charge is 0.489 e. The van der Waals surface area contributed by atoms with Crippen LogP contribution in [0.1, 0.15) is 11.6 Å². The number of fused-ring (bicyclic) bond motifs is 1. The summed E-state index contributed by atoms with van der Waals surface area (Å²) in [5.74, 6) is 0.423. The topological polar surface area (TPSA) is 21.3 Å². The maximum atomic E-state index is 13.9. The highest BCUT2D eigenvalue weighted by Gasteiger charge is 2.24. The van der Waals surface area contributed by atoms with Gasteiger partial charge in [-0.1, -0.05) is 33.6 Å². The van der Waals surface area contributed by atoms with Crippen molar-refractivity contribution in [3.63, 3.8) is 0 Å². The fourth-order valence-corrected chi connectivity index (χ4v) is 2.77. The highest BCUT2D eigenvalue weighted by Crippen LogP contribution is 2.37. The zero-order valence-electron chi connectivity index (χ0n) is 9.79. The zero-order chi connectivity index (χ0) is 13.4. The number of hydrogen-bond donors (Lipinski definition) is 1. The van der Waals surface area contributed by atoms with E-state index in [-0.39, 0.29) is 11.9 Å². The Labute approximate surface area is 123 Å². The second-order valence-electron chi connectivity index (χ2n) is 4.28. The van der Waals surface area contributed by atoms with Gasteiger partial charge in [0.15, 0.2) is 0 Å². The van der Waals surface area contributed by atoms with E-state index < -0.39 is 0 Å². The molecule has 98 valence electrons. The fourth-order valence-electron chi connectivity index (χ4n) is 2.14. The van der Waals surface area contributed by atoms with Crippen molar-refractivity contribution in [1.82, 2.24) is 0 Å². The van der Waals surface area contributed by atoms with Gasteiger partial charge in [0, 0.05) is 15.1 Å². The van der Waals surface area contributed by atoms with Gasteiger partial charge in [-0.3, -0.25) is 0 Å². The Bertz CT molecular complexity index is 615. The number of nitrogens with one attached hydrogen (secondary N) is 1. The van der Waals surface area contributed by atoms with Crippen molar-refractivity contribution in [2.75, 3.05) is 11.9 Å². The van der Waals surface area contributed by atoms with Crippen LogP contribution >= 0.6 is 27.5 Å². The van der Waals surface area contributed by atoms with Crippen LogP contribution in [-0.2, 0) is 0 Å². The molecule has 1 unspecified atom stereocenters. The summed E-state index contributed by atoms with van der Waals surface area (Å²) in [6.07, 6.45) is 0. The van der Waals surface area contributed by atoms with Crippen molar-refractivity contribution < 1.29 is 9.13 Å². The molecule has 0 saturated carbocycles. The van der Waals surface area contributed by atoms with E-state index in [0.29, 0.717) is 17.2 Å². The van der Waals surface area contributed by atoms with Crippen LogP contribution in [0.3, 0.4) is 0 Å². The Morgan fingerprint density at radius 3 is 2.95 bits per heavy atom. The minimum absolute atomic E-state index is 0.289. The molecule has 2 aromatic rings. The maximum Gasteiger partial charge on any atom is 0.143 e. The normalized spacial score (nSPS) is 17.3. The molecule has 1 aliphatic heterocycles. The Morgan fingerprint density at radius 2 is 2.16 bits per heavy atom. The van der Waals surface area contributed by atoms with E-state index >= 15 is 0 Å². The molecule has 1 atom stereocenters. The maximum absolute atomic E-state index is 13.9. The SMILES string of the molecule is Fc1cccc(Cl)c1C1COc2cc(Br)ccc2N1. The van der Waals surface area contributed by atoms with Crippen molar-refractivity contribution in [2.45, 2.75) is 6.04 Å². The van der Waals surface area contributed by atoms with Gasteiger partial charge in [-0.2, -0.15) is 0 Å². The first-order valence-corrected chi connectivity index (χ1v) is 6.95. The average molecular weight is 343 g/mol. The Kier molecular flexibility index (Phi) is 3.37. The summed E-state index contributed by atoms with van der Waals surface area (Å²) >= 11 is 9.46. The van der Waals surface area contributed by atoms with Crippen LogP contribution < -0.4 is 10.1 Å². The third-order valence-corrected chi connectivity index (χ3v) is 3.85. The molecule has 1 N–H and O–H groups in total. The summed E-state index contributed by atoms with van der Waals surface area (Å²) in [5.41, 5.74) is 1.27. The molecule has 0 bridgehead atoms. The van der Waals surface area contributed by atoms with Crippen LogP contribution in [0.15, 0.2) is 40.9 Å². The van der Waals surface area contributed by atoms with E-state index in [1.807, 2.05) is 18.2 Å². The third-order valence-electron chi connectivity index (χ3n) is 3.03. The summed E-state index contributed by atoms with van der Waals surface area (Å²) in [5, 5.41) is 3.66. The number of ether oxygens (including phenoxy) is 1. The van der Waals surface area contributed by atoms with Gasteiger partial charge >= 0.3 is 0 Å². The second-order valence-corrected chi connectivity index (χ2v) is 5.61. The molecule has 0 saturated heterocycles. The number of rotatable bonds is 1. The lowest BCUT2D eigenvalue weighted by Gasteiger charge is -2.28. The van der Waals surface area contributed by atoms with Gasteiger partial charge in [0.1, 0.15) is 18.2 Å². The van der Waals surface area contributed by atoms with Gasteiger partial charge in [0.2, 0.25) is 0 Å². The lowest BCUT2D eigenvalue weighted by Crippen LogP contribution is -2.25. The van der Waals surface area contributed by atoms with Crippen molar-refractivity contribution in [1.29, 1.82) is 0 Å². The standard InChI is InChI=1S/C14H10BrClFNO/c15-8-4-5-11-13(6-8)19-7-12(18-11)14-9(16)2-1-3-10(14)17/h1-6,12,18H,7H2. The Morgan fingerprint density at radius 1 is 1.32 bits per heavy atom. The smallest absolute Gasteiger partial charge is 0.143 e. The van der Waals surface area contributed by atoms with Crippen LogP contribution in [0.2, 0.25) is 5.02 Å². The molecular weight excluding hydrogens is 333 g/mol. The van der Waals surface area contributed by atoms with Crippen LogP contribution in [0, 0.1) is 5.82 Å². The van der Waals surface area contributed by atoms with Gasteiger partial charge in [-0.25, -0.2) is 4.39 Å². The summed E-state index contributed by atoms with van der Waals surface area (Å²) in [6.45, 7) is 0.337. The van der Waals surface area contributed by atoms with Crippen LogP contribution in [-0.4, -0.2) is 6.61 Å². The van der Waals surface area contributed by atoms with E-state index in [0.717, 1.165) is 15.9 Å². The quantitative estimate of drug-likeness (QED) is 0.805. The predicted molar refractivity (Wildman–Crippen MR) is 77.4 cm³/mol. The first-order valence-electron chi connectivity index (χ1n) is 5.78. The molecule has 0 radical (unpaired) electrons. The van der Waals surface area contributed by atoms with Crippen LogP contribution in [0.5, 0.6) is 5.75 Å². The number of benzene rings is 2. The third kappa shape index (κ3) is 2.42. The molecule has 0 aliphatic carbocycles. The minimum atomic E-state index is -0.325. The van der Waals surface area contributed by atoms with Gasteiger partial charge < -0.3 is 10.1 Å². The second kappa shape index (κ2) is 5.02. The lowest BCUT2D eigenvalue weighted by molar-refractivity contribution is 0.283. The van der Waals surface area contributed by atoms with Gasteiger partial charge in [-0.05, 0) is 30.3 Å². The first-order chi connectivity index (χ1) is 9.15. The molecule has 2 nitrogen and oxygen atoms in total. The predicted octanol–water partition coefficient (Wildman–Crippen LogP) is 4.79. The summed E-state index contributed by atoms with van der Waals surface area (Å²) < 4.78 is 20.5. The van der Waals surface area contributed by atoms with Gasteiger partial charge in [-0.15, -0.1) is 0 Å². The number of hydrogen-bond acceptors (Lipinski definition) is 2. The highest BCUT2D eigenvalue weighted by molar-refractivity contribution is 9.10. The molecular formula is C14H10BrClFNO. The molecule has 3 rings (SSSR count). The van der Waals surface area contributed by atoms with Crippen LogP contribution in [0.25, 0.3) is 0 Å². The number of anilines is 1. The molecule has 0 aromatic heterocycles. The van der Waals surface area contributed by atoms with E-state index in [2.05, 4.69) is 21.2 Å². The molecule has 1 aliphatic rings. The van der Waals surface area contributed by atoms with E-state index in [4.69, 9.17) is 16.3 Å². The molecule has 5 heteroatoms. The van der Waals surface area contributed by atoms with Gasteiger partial charge in [0.25, 0.3) is 0 Å². The molecule has 0 amide bonds. The van der Waals surface area contributed by atoms with Crippen molar-refractivity contribution >= 4 is 33.2 Å². The summed E-state index contributed by atoms with van der Waals surface area (Å²) in [6, 6.07) is 10.1. The fraction of sp³-hybridized carbons (Fsp3) is 0.143. The molecule has 1 heterocycles. The highest BCUT2D eigenvalue weighted by atomic mass is 79.9. The molecule has 0 spiro atoms. The average Bonchev–Trinajstić information content (AvgIpc) is 2.38. The zero-order valence-corrected chi connectivity index (χ0v) is 12.1.